The van der Waals surface area contributed by atoms with Gasteiger partial charge in [0.15, 0.2) is 0 Å². The van der Waals surface area contributed by atoms with E-state index in [0.29, 0.717) is 6.42 Å². The van der Waals surface area contributed by atoms with Crippen LogP contribution in [0.1, 0.15) is 24.5 Å². The number of likely N-dealkylation sites (N-methyl/N-ethyl adjacent to an activating group) is 1. The van der Waals surface area contributed by atoms with Gasteiger partial charge in [0.25, 0.3) is 0 Å². The highest BCUT2D eigenvalue weighted by molar-refractivity contribution is 5.97. The van der Waals surface area contributed by atoms with Gasteiger partial charge in [0.2, 0.25) is 5.91 Å². The molecular formula is C13H21ClN2O. The Morgan fingerprint density at radius 2 is 1.82 bits per heavy atom. The molecule has 1 aromatic carbocycles. The predicted octanol–water partition coefficient (Wildman–Crippen LogP) is 2.43. The highest BCUT2D eigenvalue weighted by Crippen LogP contribution is 2.23. The van der Waals surface area contributed by atoms with E-state index in [1.54, 1.807) is 11.9 Å². The van der Waals surface area contributed by atoms with Crippen molar-refractivity contribution in [3.05, 3.63) is 29.3 Å². The van der Waals surface area contributed by atoms with Crippen molar-refractivity contribution >= 4 is 24.0 Å². The van der Waals surface area contributed by atoms with Gasteiger partial charge in [-0.1, -0.05) is 25.1 Å². The van der Waals surface area contributed by atoms with Crippen molar-refractivity contribution in [3.63, 3.8) is 0 Å². The number of aryl methyl sites for hydroxylation is 2. The Hall–Kier alpha value is -1.06. The molecular weight excluding hydrogens is 236 g/mol. The van der Waals surface area contributed by atoms with Crippen molar-refractivity contribution < 1.29 is 4.79 Å². The molecule has 3 nitrogen and oxygen atoms in total. The third-order valence-electron chi connectivity index (χ3n) is 2.86. The summed E-state index contributed by atoms with van der Waals surface area (Å²) in [5, 5.41) is 0. The Morgan fingerprint density at radius 1 is 1.35 bits per heavy atom. The molecule has 0 saturated heterocycles. The molecule has 0 aliphatic heterocycles. The lowest BCUT2D eigenvalue weighted by molar-refractivity contribution is -0.119. The van der Waals surface area contributed by atoms with Gasteiger partial charge in [0.1, 0.15) is 0 Å². The molecule has 0 radical (unpaired) electrons. The Morgan fingerprint density at radius 3 is 2.24 bits per heavy atom. The van der Waals surface area contributed by atoms with Gasteiger partial charge in [-0.05, 0) is 31.4 Å². The zero-order valence-electron chi connectivity index (χ0n) is 10.9. The number of para-hydroxylation sites is 1. The van der Waals surface area contributed by atoms with Gasteiger partial charge in [-0.15, -0.1) is 12.4 Å². The number of anilines is 1. The topological polar surface area (TPSA) is 46.3 Å². The maximum absolute atomic E-state index is 12.0. The van der Waals surface area contributed by atoms with E-state index in [1.807, 2.05) is 39.0 Å². The van der Waals surface area contributed by atoms with Gasteiger partial charge >= 0.3 is 0 Å². The molecule has 1 atom stereocenters. The van der Waals surface area contributed by atoms with Crippen molar-refractivity contribution in [2.75, 3.05) is 11.9 Å². The number of hydrogen-bond donors (Lipinski definition) is 1. The molecule has 17 heavy (non-hydrogen) atoms. The number of nitrogens with two attached hydrogens (primary N) is 1. The second-order valence-corrected chi connectivity index (χ2v) is 4.15. The quantitative estimate of drug-likeness (QED) is 0.903. The largest absolute Gasteiger partial charge is 0.320 e. The van der Waals surface area contributed by atoms with Crippen LogP contribution in [-0.2, 0) is 4.79 Å². The molecule has 96 valence electrons. The van der Waals surface area contributed by atoms with Gasteiger partial charge in [-0.3, -0.25) is 4.79 Å². The van der Waals surface area contributed by atoms with Crippen LogP contribution in [0.25, 0.3) is 0 Å². The Balaban J connectivity index is 0.00000256. The average molecular weight is 257 g/mol. The lowest BCUT2D eigenvalue weighted by atomic mass is 10.1. The van der Waals surface area contributed by atoms with E-state index in [0.717, 1.165) is 16.8 Å². The number of carbonyl (C=O) groups excluding carboxylic acids is 1. The van der Waals surface area contributed by atoms with Crippen LogP contribution in [0.4, 0.5) is 5.69 Å². The number of halogens is 1. The standard InChI is InChI=1S/C13H20N2O.ClH/c1-5-11(14)13(16)15(4)12-9(2)7-6-8-10(12)3;/h6-8,11H,5,14H2,1-4H3;1H. The van der Waals surface area contributed by atoms with E-state index in [4.69, 9.17) is 5.73 Å². The molecule has 0 spiro atoms. The molecule has 0 saturated carbocycles. The summed E-state index contributed by atoms with van der Waals surface area (Å²) in [5.74, 6) is -0.0279. The molecule has 0 aromatic heterocycles. The molecule has 1 rings (SSSR count). The van der Waals surface area contributed by atoms with Crippen molar-refractivity contribution in [1.82, 2.24) is 0 Å². The minimum absolute atomic E-state index is 0. The van der Waals surface area contributed by atoms with Crippen LogP contribution >= 0.6 is 12.4 Å². The third kappa shape index (κ3) is 3.45. The first-order valence-electron chi connectivity index (χ1n) is 5.58. The fraction of sp³-hybridized carbons (Fsp3) is 0.462. The summed E-state index contributed by atoms with van der Waals surface area (Å²) in [6.45, 7) is 5.92. The summed E-state index contributed by atoms with van der Waals surface area (Å²) in [6.07, 6.45) is 0.661. The lowest BCUT2D eigenvalue weighted by Crippen LogP contribution is -2.41. The van der Waals surface area contributed by atoms with E-state index in [1.165, 1.54) is 0 Å². The van der Waals surface area contributed by atoms with E-state index in [2.05, 4.69) is 0 Å². The molecule has 0 aliphatic carbocycles. The number of rotatable bonds is 3. The molecule has 2 N–H and O–H groups in total. The fourth-order valence-electron chi connectivity index (χ4n) is 1.87. The summed E-state index contributed by atoms with van der Waals surface area (Å²) in [7, 11) is 1.78. The number of amides is 1. The number of carbonyl (C=O) groups is 1. The van der Waals surface area contributed by atoms with Crippen molar-refractivity contribution in [2.45, 2.75) is 33.2 Å². The smallest absolute Gasteiger partial charge is 0.243 e. The average Bonchev–Trinajstić information content (AvgIpc) is 2.26. The predicted molar refractivity (Wildman–Crippen MR) is 74.8 cm³/mol. The van der Waals surface area contributed by atoms with Gasteiger partial charge in [0, 0.05) is 12.7 Å². The molecule has 0 bridgehead atoms. The minimum Gasteiger partial charge on any atom is -0.320 e. The number of hydrogen-bond acceptors (Lipinski definition) is 2. The third-order valence-corrected chi connectivity index (χ3v) is 2.86. The van der Waals surface area contributed by atoms with E-state index in [-0.39, 0.29) is 18.3 Å². The summed E-state index contributed by atoms with van der Waals surface area (Å²) >= 11 is 0. The summed E-state index contributed by atoms with van der Waals surface area (Å²) in [4.78, 5) is 13.6. The molecule has 1 amide bonds. The molecule has 1 aromatic rings. The van der Waals surface area contributed by atoms with E-state index >= 15 is 0 Å². The van der Waals surface area contributed by atoms with Gasteiger partial charge in [0.05, 0.1) is 6.04 Å². The van der Waals surface area contributed by atoms with Crippen LogP contribution in [0, 0.1) is 13.8 Å². The summed E-state index contributed by atoms with van der Waals surface area (Å²) in [5.41, 5.74) is 8.93. The Bertz CT molecular complexity index is 373. The van der Waals surface area contributed by atoms with Crippen LogP contribution in [0.2, 0.25) is 0 Å². The SMILES string of the molecule is CCC(N)C(=O)N(C)c1c(C)cccc1C.Cl. The van der Waals surface area contributed by atoms with Crippen molar-refractivity contribution in [2.24, 2.45) is 5.73 Å². The fourth-order valence-corrected chi connectivity index (χ4v) is 1.87. The van der Waals surface area contributed by atoms with Gasteiger partial charge in [-0.2, -0.15) is 0 Å². The first-order chi connectivity index (χ1) is 7.49. The Labute approximate surface area is 109 Å². The van der Waals surface area contributed by atoms with Crippen LogP contribution in [0.3, 0.4) is 0 Å². The van der Waals surface area contributed by atoms with Crippen LogP contribution in [-0.4, -0.2) is 19.0 Å². The van der Waals surface area contributed by atoms with Crippen LogP contribution in [0.15, 0.2) is 18.2 Å². The molecule has 1 unspecified atom stereocenters. The van der Waals surface area contributed by atoms with Crippen LogP contribution < -0.4 is 10.6 Å². The van der Waals surface area contributed by atoms with Crippen molar-refractivity contribution in [3.8, 4) is 0 Å². The monoisotopic (exact) mass is 256 g/mol. The number of benzene rings is 1. The van der Waals surface area contributed by atoms with E-state index < -0.39 is 6.04 Å². The first-order valence-corrected chi connectivity index (χ1v) is 5.58. The normalized spacial score (nSPS) is 11.6. The minimum atomic E-state index is -0.413. The zero-order valence-corrected chi connectivity index (χ0v) is 11.7. The second-order valence-electron chi connectivity index (χ2n) is 4.15. The van der Waals surface area contributed by atoms with Crippen LogP contribution in [0.5, 0.6) is 0 Å². The Kier molecular flexibility index (Phi) is 6.21. The zero-order chi connectivity index (χ0) is 12.3. The molecule has 4 heteroatoms. The maximum Gasteiger partial charge on any atom is 0.243 e. The van der Waals surface area contributed by atoms with Crippen molar-refractivity contribution in [1.29, 1.82) is 0 Å². The molecule has 0 fully saturated rings. The maximum atomic E-state index is 12.0. The molecule has 0 aliphatic rings. The van der Waals surface area contributed by atoms with Gasteiger partial charge < -0.3 is 10.6 Å². The second kappa shape index (κ2) is 6.62. The van der Waals surface area contributed by atoms with E-state index in [9.17, 15) is 4.79 Å². The van der Waals surface area contributed by atoms with Gasteiger partial charge in [-0.25, -0.2) is 0 Å². The highest BCUT2D eigenvalue weighted by atomic mass is 35.5. The first kappa shape index (κ1) is 15.9. The highest BCUT2D eigenvalue weighted by Gasteiger charge is 2.19. The summed E-state index contributed by atoms with van der Waals surface area (Å²) < 4.78 is 0. The summed E-state index contributed by atoms with van der Waals surface area (Å²) in [6, 6.07) is 5.59. The number of nitrogens with zero attached hydrogens (tertiary/aromatic N) is 1. The molecule has 0 heterocycles. The lowest BCUT2D eigenvalue weighted by Gasteiger charge is -2.24.